The number of amides is 1. The van der Waals surface area contributed by atoms with Crippen LogP contribution in [-0.2, 0) is 11.2 Å². The molecule has 0 bridgehead atoms. The average Bonchev–Trinajstić information content (AvgIpc) is 3.10. The Bertz CT molecular complexity index is 727. The van der Waals surface area contributed by atoms with Crippen molar-refractivity contribution in [2.24, 2.45) is 0 Å². The number of thioether (sulfide) groups is 1. The van der Waals surface area contributed by atoms with Crippen molar-refractivity contribution in [3.05, 3.63) is 29.3 Å². The van der Waals surface area contributed by atoms with Crippen molar-refractivity contribution < 1.29 is 14.3 Å². The molecule has 2 aromatic rings. The predicted molar refractivity (Wildman–Crippen MR) is 103 cm³/mol. The molecule has 0 atom stereocenters. The van der Waals surface area contributed by atoms with Crippen LogP contribution in [0.25, 0.3) is 10.6 Å². The smallest absolute Gasteiger partial charge is 0.226 e. The molecule has 25 heavy (non-hydrogen) atoms. The van der Waals surface area contributed by atoms with Crippen LogP contribution in [0.1, 0.15) is 18.5 Å². The highest BCUT2D eigenvalue weighted by Crippen LogP contribution is 2.33. The standard InChI is InChI=1S/C18H22N2O3S2/c1-22-15-4-3-12(9-16(15)23-2)18-20-14(11-25-18)10-17(21)19-13-5-7-24-8-6-13/h3-4,9,11,13H,5-8,10H2,1-2H3,(H,19,21). The van der Waals surface area contributed by atoms with Gasteiger partial charge in [-0.2, -0.15) is 11.8 Å². The third kappa shape index (κ3) is 4.67. The van der Waals surface area contributed by atoms with Crippen LogP contribution in [0.15, 0.2) is 23.6 Å². The molecule has 1 amide bonds. The number of methoxy groups -OCH3 is 2. The van der Waals surface area contributed by atoms with Gasteiger partial charge >= 0.3 is 0 Å². The van der Waals surface area contributed by atoms with Crippen LogP contribution in [0, 0.1) is 0 Å². The summed E-state index contributed by atoms with van der Waals surface area (Å²) in [5.41, 5.74) is 1.76. The van der Waals surface area contributed by atoms with Gasteiger partial charge in [0.2, 0.25) is 5.91 Å². The molecule has 1 aliphatic rings. The molecular weight excluding hydrogens is 356 g/mol. The van der Waals surface area contributed by atoms with E-state index in [1.165, 1.54) is 11.3 Å². The number of hydrogen-bond acceptors (Lipinski definition) is 6. The van der Waals surface area contributed by atoms with Gasteiger partial charge < -0.3 is 14.8 Å². The van der Waals surface area contributed by atoms with E-state index in [9.17, 15) is 4.79 Å². The minimum absolute atomic E-state index is 0.0565. The summed E-state index contributed by atoms with van der Waals surface area (Å²) in [6.45, 7) is 0. The van der Waals surface area contributed by atoms with E-state index in [0.29, 0.717) is 24.0 Å². The van der Waals surface area contributed by atoms with Crippen LogP contribution < -0.4 is 14.8 Å². The Morgan fingerprint density at radius 2 is 2.00 bits per heavy atom. The first-order chi connectivity index (χ1) is 12.2. The minimum Gasteiger partial charge on any atom is -0.493 e. The zero-order valence-corrected chi connectivity index (χ0v) is 16.0. The maximum atomic E-state index is 12.2. The van der Waals surface area contributed by atoms with Crippen LogP contribution in [0.2, 0.25) is 0 Å². The molecule has 1 aromatic heterocycles. The lowest BCUT2D eigenvalue weighted by Gasteiger charge is -2.22. The van der Waals surface area contributed by atoms with Gasteiger partial charge in [-0.1, -0.05) is 0 Å². The van der Waals surface area contributed by atoms with E-state index in [0.717, 1.165) is 40.6 Å². The number of nitrogens with zero attached hydrogens (tertiary/aromatic N) is 1. The summed E-state index contributed by atoms with van der Waals surface area (Å²) < 4.78 is 10.6. The van der Waals surface area contributed by atoms with Crippen molar-refractivity contribution in [3.8, 4) is 22.1 Å². The summed E-state index contributed by atoms with van der Waals surface area (Å²) in [5, 5.41) is 5.95. The van der Waals surface area contributed by atoms with Crippen molar-refractivity contribution in [3.63, 3.8) is 0 Å². The fraction of sp³-hybridized carbons (Fsp3) is 0.444. The van der Waals surface area contributed by atoms with Crippen molar-refractivity contribution in [1.29, 1.82) is 0 Å². The van der Waals surface area contributed by atoms with E-state index in [-0.39, 0.29) is 5.91 Å². The van der Waals surface area contributed by atoms with E-state index in [1.54, 1.807) is 14.2 Å². The molecule has 0 radical (unpaired) electrons. The van der Waals surface area contributed by atoms with Crippen LogP contribution in [0.5, 0.6) is 11.5 Å². The Balaban J connectivity index is 1.64. The third-order valence-corrected chi connectivity index (χ3v) is 6.10. The van der Waals surface area contributed by atoms with Crippen LogP contribution >= 0.6 is 23.1 Å². The molecule has 0 spiro atoms. The van der Waals surface area contributed by atoms with Crippen LogP contribution in [0.4, 0.5) is 0 Å². The maximum absolute atomic E-state index is 12.2. The molecule has 1 saturated heterocycles. The van der Waals surface area contributed by atoms with Gasteiger partial charge in [-0.15, -0.1) is 11.3 Å². The number of aromatic nitrogens is 1. The number of rotatable bonds is 6. The maximum Gasteiger partial charge on any atom is 0.226 e. The fourth-order valence-corrected chi connectivity index (χ4v) is 4.70. The Morgan fingerprint density at radius 1 is 1.24 bits per heavy atom. The van der Waals surface area contributed by atoms with Gasteiger partial charge in [0.25, 0.3) is 0 Å². The van der Waals surface area contributed by atoms with E-state index in [4.69, 9.17) is 9.47 Å². The lowest BCUT2D eigenvalue weighted by atomic mass is 10.1. The van der Waals surface area contributed by atoms with Gasteiger partial charge in [0, 0.05) is 17.0 Å². The Kier molecular flexibility index (Phi) is 6.20. The van der Waals surface area contributed by atoms with Gasteiger partial charge in [0.15, 0.2) is 11.5 Å². The molecular formula is C18H22N2O3S2. The summed E-state index contributed by atoms with van der Waals surface area (Å²) in [6.07, 6.45) is 2.45. The third-order valence-electron chi connectivity index (χ3n) is 4.11. The number of nitrogens with one attached hydrogen (secondary N) is 1. The van der Waals surface area contributed by atoms with E-state index in [2.05, 4.69) is 10.3 Å². The van der Waals surface area contributed by atoms with Gasteiger partial charge in [-0.25, -0.2) is 4.98 Å². The summed E-state index contributed by atoms with van der Waals surface area (Å²) in [5.74, 6) is 3.68. The molecule has 3 rings (SSSR count). The zero-order valence-electron chi connectivity index (χ0n) is 14.4. The lowest BCUT2D eigenvalue weighted by Crippen LogP contribution is -2.38. The molecule has 5 nitrogen and oxygen atoms in total. The fourth-order valence-electron chi connectivity index (χ4n) is 2.78. The second-order valence-corrected chi connectivity index (χ2v) is 7.93. The molecule has 2 heterocycles. The van der Waals surface area contributed by atoms with Crippen LogP contribution in [0.3, 0.4) is 0 Å². The minimum atomic E-state index is 0.0565. The van der Waals surface area contributed by atoms with Crippen molar-refractivity contribution >= 4 is 29.0 Å². The number of carbonyl (C=O) groups is 1. The Labute approximate surface area is 156 Å². The van der Waals surface area contributed by atoms with Gasteiger partial charge in [0.1, 0.15) is 5.01 Å². The Hall–Kier alpha value is -1.73. The molecule has 1 aromatic carbocycles. The monoisotopic (exact) mass is 378 g/mol. The Morgan fingerprint density at radius 3 is 2.72 bits per heavy atom. The molecule has 0 saturated carbocycles. The van der Waals surface area contributed by atoms with Crippen molar-refractivity contribution in [1.82, 2.24) is 10.3 Å². The summed E-state index contributed by atoms with van der Waals surface area (Å²) in [6, 6.07) is 6.03. The number of carbonyl (C=O) groups excluding carboxylic acids is 1. The highest BCUT2D eigenvalue weighted by Gasteiger charge is 2.17. The second-order valence-electron chi connectivity index (χ2n) is 5.84. The number of benzene rings is 1. The quantitative estimate of drug-likeness (QED) is 0.835. The van der Waals surface area contributed by atoms with E-state index >= 15 is 0 Å². The molecule has 1 aliphatic heterocycles. The van der Waals surface area contributed by atoms with E-state index in [1.807, 2.05) is 35.3 Å². The van der Waals surface area contributed by atoms with Gasteiger partial charge in [0.05, 0.1) is 26.3 Å². The summed E-state index contributed by atoms with van der Waals surface area (Å²) in [4.78, 5) is 16.8. The van der Waals surface area contributed by atoms with E-state index < -0.39 is 0 Å². The van der Waals surface area contributed by atoms with Gasteiger partial charge in [-0.05, 0) is 42.5 Å². The molecule has 1 fully saturated rings. The number of ether oxygens (including phenoxy) is 2. The molecule has 0 unspecified atom stereocenters. The highest BCUT2D eigenvalue weighted by atomic mass is 32.2. The molecule has 0 aliphatic carbocycles. The first kappa shape index (κ1) is 18.1. The summed E-state index contributed by atoms with van der Waals surface area (Å²) in [7, 11) is 3.23. The largest absolute Gasteiger partial charge is 0.493 e. The normalized spacial score (nSPS) is 15.0. The topological polar surface area (TPSA) is 60.5 Å². The van der Waals surface area contributed by atoms with Gasteiger partial charge in [-0.3, -0.25) is 4.79 Å². The highest BCUT2D eigenvalue weighted by molar-refractivity contribution is 7.99. The van der Waals surface area contributed by atoms with Crippen molar-refractivity contribution in [2.45, 2.75) is 25.3 Å². The molecule has 1 N–H and O–H groups in total. The first-order valence-electron chi connectivity index (χ1n) is 8.23. The average molecular weight is 379 g/mol. The summed E-state index contributed by atoms with van der Waals surface area (Å²) >= 11 is 3.49. The zero-order chi connectivity index (χ0) is 17.6. The van der Waals surface area contributed by atoms with Crippen LogP contribution in [-0.4, -0.2) is 42.7 Å². The predicted octanol–water partition coefficient (Wildman–Crippen LogP) is 3.38. The number of thiazole rings is 1. The second kappa shape index (κ2) is 8.58. The lowest BCUT2D eigenvalue weighted by molar-refractivity contribution is -0.121. The molecule has 7 heteroatoms. The number of hydrogen-bond donors (Lipinski definition) is 1. The molecule has 134 valence electrons. The SMILES string of the molecule is COc1ccc(-c2nc(CC(=O)NC3CCSCC3)cs2)cc1OC. The van der Waals surface area contributed by atoms with Crippen molar-refractivity contribution in [2.75, 3.05) is 25.7 Å². The first-order valence-corrected chi connectivity index (χ1v) is 10.3.